The summed E-state index contributed by atoms with van der Waals surface area (Å²) in [5.41, 5.74) is 1.40. The van der Waals surface area contributed by atoms with Crippen LogP contribution in [0, 0.1) is 5.82 Å². The Morgan fingerprint density at radius 3 is 2.35 bits per heavy atom. The Hall–Kier alpha value is -1.18. The van der Waals surface area contributed by atoms with E-state index in [1.165, 1.54) is 18.2 Å². The molecule has 0 aliphatic carbocycles. The highest BCUT2D eigenvalue weighted by molar-refractivity contribution is 7.89. The van der Waals surface area contributed by atoms with Crippen molar-refractivity contribution in [2.24, 2.45) is 5.14 Å². The minimum absolute atomic E-state index is 0. The van der Waals surface area contributed by atoms with Crippen molar-refractivity contribution in [1.29, 1.82) is 0 Å². The average Bonchev–Trinajstić information content (AvgIpc) is 2.45. The third-order valence-corrected chi connectivity index (χ3v) is 4.49. The lowest BCUT2D eigenvalue weighted by molar-refractivity contribution is 0.588. The van der Waals surface area contributed by atoms with Gasteiger partial charge in [0.25, 0.3) is 0 Å². The first-order chi connectivity index (χ1) is 10.4. The molecule has 23 heavy (non-hydrogen) atoms. The van der Waals surface area contributed by atoms with Crippen LogP contribution in [-0.2, 0) is 23.0 Å². The molecule has 0 saturated carbocycles. The second-order valence-corrected chi connectivity index (χ2v) is 6.78. The molecule has 0 saturated heterocycles. The summed E-state index contributed by atoms with van der Waals surface area (Å²) in [6, 6.07) is 10.9. The van der Waals surface area contributed by atoms with Crippen LogP contribution in [0.25, 0.3) is 0 Å². The maximum atomic E-state index is 13.6. The number of hydrogen-bond donors (Lipinski definition) is 2. The van der Waals surface area contributed by atoms with Gasteiger partial charge in [0.05, 0.1) is 4.90 Å². The molecule has 2 rings (SSSR count). The maximum absolute atomic E-state index is 13.6. The monoisotopic (exact) mass is 378 g/mol. The first-order valence-corrected chi connectivity index (χ1v) is 8.56. The normalized spacial score (nSPS) is 11.1. The van der Waals surface area contributed by atoms with E-state index < -0.39 is 10.0 Å². The van der Waals surface area contributed by atoms with Crippen LogP contribution in [0.4, 0.5) is 4.39 Å². The van der Waals surface area contributed by atoms with Gasteiger partial charge >= 0.3 is 0 Å². The number of rotatable bonds is 6. The highest BCUT2D eigenvalue weighted by Crippen LogP contribution is 2.18. The van der Waals surface area contributed by atoms with Crippen molar-refractivity contribution in [2.75, 3.05) is 6.54 Å². The Balaban J connectivity index is 0.00000264. The van der Waals surface area contributed by atoms with E-state index in [0.717, 1.165) is 5.56 Å². The first kappa shape index (κ1) is 19.9. The van der Waals surface area contributed by atoms with Crippen LogP contribution >= 0.6 is 24.0 Å². The molecule has 0 atom stereocenters. The van der Waals surface area contributed by atoms with Gasteiger partial charge in [-0.3, -0.25) is 0 Å². The van der Waals surface area contributed by atoms with Gasteiger partial charge in [-0.1, -0.05) is 29.8 Å². The van der Waals surface area contributed by atoms with Crippen LogP contribution in [0.1, 0.15) is 11.1 Å². The maximum Gasteiger partial charge on any atom is 0.238 e. The number of benzene rings is 2. The van der Waals surface area contributed by atoms with Gasteiger partial charge in [-0.25, -0.2) is 17.9 Å². The Labute approximate surface area is 146 Å². The predicted octanol–water partition coefficient (Wildman–Crippen LogP) is 2.88. The third kappa shape index (κ3) is 5.75. The molecule has 2 aromatic rings. The van der Waals surface area contributed by atoms with Crippen LogP contribution in [0.2, 0.25) is 5.02 Å². The van der Waals surface area contributed by atoms with Gasteiger partial charge in [-0.15, -0.1) is 12.4 Å². The number of halogens is 3. The van der Waals surface area contributed by atoms with E-state index >= 15 is 0 Å². The fourth-order valence-corrected chi connectivity index (χ4v) is 2.74. The highest BCUT2D eigenvalue weighted by atomic mass is 35.5. The number of hydrogen-bond acceptors (Lipinski definition) is 3. The molecule has 0 heterocycles. The number of sulfonamides is 1. The molecule has 3 N–H and O–H groups in total. The summed E-state index contributed by atoms with van der Waals surface area (Å²) in [5.74, 6) is -0.336. The smallest absolute Gasteiger partial charge is 0.238 e. The lowest BCUT2D eigenvalue weighted by atomic mass is 10.1. The van der Waals surface area contributed by atoms with Gasteiger partial charge in [0.1, 0.15) is 5.82 Å². The Morgan fingerprint density at radius 1 is 1.13 bits per heavy atom. The van der Waals surface area contributed by atoms with E-state index in [-0.39, 0.29) is 23.1 Å². The van der Waals surface area contributed by atoms with Gasteiger partial charge in [0, 0.05) is 17.1 Å². The summed E-state index contributed by atoms with van der Waals surface area (Å²) in [4.78, 5) is 0.0855. The fourth-order valence-electron chi connectivity index (χ4n) is 1.99. The summed E-state index contributed by atoms with van der Waals surface area (Å²) >= 11 is 5.94. The van der Waals surface area contributed by atoms with Gasteiger partial charge < -0.3 is 5.32 Å². The summed E-state index contributed by atoms with van der Waals surface area (Å²) in [6.45, 7) is 0.945. The molecule has 0 spiro atoms. The molecule has 0 aromatic heterocycles. The van der Waals surface area contributed by atoms with Crippen LogP contribution in [-0.4, -0.2) is 15.0 Å². The SMILES string of the molecule is Cl.NS(=O)(=O)c1ccc(CCNCc2c(F)cccc2Cl)cc1. The largest absolute Gasteiger partial charge is 0.312 e. The predicted molar refractivity (Wildman–Crippen MR) is 91.9 cm³/mol. The molecule has 0 aliphatic heterocycles. The van der Waals surface area contributed by atoms with Crippen molar-refractivity contribution in [3.05, 3.63) is 64.4 Å². The Kier molecular flexibility index (Phi) is 7.44. The molecule has 0 aliphatic rings. The van der Waals surface area contributed by atoms with Crippen LogP contribution in [0.15, 0.2) is 47.4 Å². The zero-order valence-electron chi connectivity index (χ0n) is 12.1. The van der Waals surface area contributed by atoms with E-state index in [9.17, 15) is 12.8 Å². The van der Waals surface area contributed by atoms with E-state index in [2.05, 4.69) is 5.32 Å². The zero-order valence-corrected chi connectivity index (χ0v) is 14.5. The molecule has 126 valence electrons. The zero-order chi connectivity index (χ0) is 16.2. The molecular weight excluding hydrogens is 362 g/mol. The molecule has 0 amide bonds. The van der Waals surface area contributed by atoms with Gasteiger partial charge in [0.15, 0.2) is 0 Å². The number of nitrogens with one attached hydrogen (secondary N) is 1. The van der Waals surface area contributed by atoms with Gasteiger partial charge in [-0.05, 0) is 42.8 Å². The lowest BCUT2D eigenvalue weighted by Gasteiger charge is -2.08. The molecule has 8 heteroatoms. The van der Waals surface area contributed by atoms with Crippen molar-refractivity contribution in [3.8, 4) is 0 Å². The molecule has 2 aromatic carbocycles. The summed E-state index contributed by atoms with van der Waals surface area (Å²) in [6.07, 6.45) is 0.678. The van der Waals surface area contributed by atoms with Crippen molar-refractivity contribution in [2.45, 2.75) is 17.9 Å². The van der Waals surface area contributed by atoms with Crippen molar-refractivity contribution >= 4 is 34.0 Å². The van der Waals surface area contributed by atoms with Crippen molar-refractivity contribution in [1.82, 2.24) is 5.32 Å². The first-order valence-electron chi connectivity index (χ1n) is 6.63. The van der Waals surface area contributed by atoms with Crippen LogP contribution < -0.4 is 10.5 Å². The second-order valence-electron chi connectivity index (χ2n) is 4.82. The quantitative estimate of drug-likeness (QED) is 0.759. The molecule has 0 unspecified atom stereocenters. The summed E-state index contributed by atoms with van der Waals surface area (Å²) in [5, 5.41) is 8.54. The minimum atomic E-state index is -3.66. The van der Waals surface area contributed by atoms with Crippen molar-refractivity contribution in [3.63, 3.8) is 0 Å². The van der Waals surface area contributed by atoms with Gasteiger partial charge in [-0.2, -0.15) is 0 Å². The topological polar surface area (TPSA) is 72.2 Å². The summed E-state index contributed by atoms with van der Waals surface area (Å²) < 4.78 is 35.8. The van der Waals surface area contributed by atoms with E-state index in [4.69, 9.17) is 16.7 Å². The van der Waals surface area contributed by atoms with Crippen LogP contribution in [0.3, 0.4) is 0 Å². The molecule has 0 fully saturated rings. The fraction of sp³-hybridized carbons (Fsp3) is 0.200. The third-order valence-electron chi connectivity index (χ3n) is 3.21. The van der Waals surface area contributed by atoms with Crippen LogP contribution in [0.5, 0.6) is 0 Å². The molecular formula is C15H17Cl2FN2O2S. The molecule has 0 radical (unpaired) electrons. The summed E-state index contributed by atoms with van der Waals surface area (Å²) in [7, 11) is -3.66. The lowest BCUT2D eigenvalue weighted by Crippen LogP contribution is -2.18. The number of nitrogens with two attached hydrogens (primary N) is 1. The minimum Gasteiger partial charge on any atom is -0.312 e. The second kappa shape index (κ2) is 8.61. The Bertz CT molecular complexity index is 732. The molecule has 4 nitrogen and oxygen atoms in total. The van der Waals surface area contributed by atoms with E-state index in [0.29, 0.717) is 30.1 Å². The van der Waals surface area contributed by atoms with E-state index in [1.54, 1.807) is 24.3 Å². The van der Waals surface area contributed by atoms with Gasteiger partial charge in [0.2, 0.25) is 10.0 Å². The Morgan fingerprint density at radius 2 is 1.78 bits per heavy atom. The van der Waals surface area contributed by atoms with Crippen molar-refractivity contribution < 1.29 is 12.8 Å². The standard InChI is InChI=1S/C15H16ClFN2O2S.ClH/c16-14-2-1-3-15(17)13(14)10-19-9-8-11-4-6-12(7-5-11)22(18,20)21;/h1-7,19H,8-10H2,(H2,18,20,21);1H. The number of primary sulfonamides is 1. The van der Waals surface area contributed by atoms with E-state index in [1.807, 2.05) is 0 Å². The average molecular weight is 379 g/mol. The molecule has 0 bridgehead atoms. The highest BCUT2D eigenvalue weighted by Gasteiger charge is 2.07.